The molecule has 0 aliphatic rings. The number of rotatable bonds is 7. The predicted molar refractivity (Wildman–Crippen MR) is 80.8 cm³/mol. The molecule has 23 heavy (non-hydrogen) atoms. The second-order valence-corrected chi connectivity index (χ2v) is 9.41. The second-order valence-electron chi connectivity index (χ2n) is 5.75. The molecule has 0 unspecified atom stereocenters. The highest BCUT2D eigenvalue weighted by Crippen LogP contribution is 2.21. The molecule has 0 bridgehead atoms. The lowest BCUT2D eigenvalue weighted by molar-refractivity contribution is -0.137. The highest BCUT2D eigenvalue weighted by atomic mass is 32.2. The average Bonchev–Trinajstić information content (AvgIpc) is 2.33. The van der Waals surface area contributed by atoms with Gasteiger partial charge < -0.3 is 5.11 Å². The Morgan fingerprint density at radius 2 is 1.83 bits per heavy atom. The Bertz CT molecular complexity index is 815. The molecule has 0 heterocycles. The normalized spacial score (nSPS) is 13.0. The second kappa shape index (κ2) is 6.54. The van der Waals surface area contributed by atoms with Crippen LogP contribution in [-0.4, -0.2) is 39.7 Å². The van der Waals surface area contributed by atoms with E-state index in [9.17, 15) is 26.0 Å². The van der Waals surface area contributed by atoms with E-state index in [-0.39, 0.29) is 12.8 Å². The van der Waals surface area contributed by atoms with E-state index < -0.39 is 47.0 Å². The van der Waals surface area contributed by atoms with Crippen LogP contribution < -0.4 is 4.72 Å². The molecular formula is C13H18FNO6S2. The first-order chi connectivity index (χ1) is 10.2. The molecular weight excluding hydrogens is 349 g/mol. The van der Waals surface area contributed by atoms with E-state index in [1.54, 1.807) is 0 Å². The summed E-state index contributed by atoms with van der Waals surface area (Å²) in [4.78, 5) is 9.54. The molecule has 130 valence electrons. The fraction of sp³-hybridized carbons (Fsp3) is 0.462. The van der Waals surface area contributed by atoms with Crippen LogP contribution in [0.2, 0.25) is 0 Å². The molecule has 1 aromatic carbocycles. The quantitative estimate of drug-likeness (QED) is 0.746. The lowest BCUT2D eigenvalue weighted by atomic mass is 10.0. The summed E-state index contributed by atoms with van der Waals surface area (Å²) >= 11 is 0. The van der Waals surface area contributed by atoms with Crippen LogP contribution in [0, 0.1) is 5.82 Å². The Morgan fingerprint density at radius 3 is 2.26 bits per heavy atom. The maximum absolute atomic E-state index is 13.8. The highest BCUT2D eigenvalue weighted by Gasteiger charge is 2.28. The zero-order chi connectivity index (χ0) is 18.1. The molecule has 0 aromatic heterocycles. The number of carboxylic acid groups (broad SMARTS) is 1. The van der Waals surface area contributed by atoms with Gasteiger partial charge in [-0.3, -0.25) is 4.79 Å². The summed E-state index contributed by atoms with van der Waals surface area (Å²) in [6.45, 7) is 2.99. The van der Waals surface area contributed by atoms with Crippen LogP contribution >= 0.6 is 0 Å². The maximum atomic E-state index is 13.8. The zero-order valence-corrected chi connectivity index (χ0v) is 14.5. The molecule has 0 saturated heterocycles. The van der Waals surface area contributed by atoms with Crippen molar-refractivity contribution in [3.05, 3.63) is 24.0 Å². The van der Waals surface area contributed by atoms with Crippen molar-refractivity contribution in [3.8, 4) is 0 Å². The molecule has 1 rings (SSSR count). The zero-order valence-electron chi connectivity index (χ0n) is 12.8. The standard InChI is InChI=1S/C13H18FNO6S2/c1-13(2,7-6-12(16)17)15-23(20,21)9-4-5-11(10(14)8-9)22(3,18)19/h4-5,8,15H,6-7H2,1-3H3,(H,16,17). The van der Waals surface area contributed by atoms with Crippen LogP contribution in [0.1, 0.15) is 26.7 Å². The number of aliphatic carboxylic acids is 1. The van der Waals surface area contributed by atoms with Gasteiger partial charge >= 0.3 is 5.97 Å². The van der Waals surface area contributed by atoms with Crippen molar-refractivity contribution in [2.75, 3.05) is 6.26 Å². The molecule has 0 spiro atoms. The van der Waals surface area contributed by atoms with Crippen molar-refractivity contribution >= 4 is 25.8 Å². The molecule has 0 radical (unpaired) electrons. The molecule has 0 fully saturated rings. The molecule has 7 nitrogen and oxygen atoms in total. The van der Waals surface area contributed by atoms with E-state index in [0.29, 0.717) is 6.07 Å². The van der Waals surface area contributed by atoms with Crippen molar-refractivity contribution in [3.63, 3.8) is 0 Å². The van der Waals surface area contributed by atoms with Gasteiger partial charge in [0.2, 0.25) is 10.0 Å². The molecule has 0 atom stereocenters. The van der Waals surface area contributed by atoms with Gasteiger partial charge in [-0.15, -0.1) is 0 Å². The first-order valence-electron chi connectivity index (χ1n) is 6.50. The molecule has 0 amide bonds. The van der Waals surface area contributed by atoms with E-state index in [0.717, 1.165) is 18.4 Å². The van der Waals surface area contributed by atoms with Gasteiger partial charge in [0.05, 0.1) is 4.90 Å². The van der Waals surface area contributed by atoms with Gasteiger partial charge in [0.1, 0.15) is 10.7 Å². The summed E-state index contributed by atoms with van der Waals surface area (Å²) in [7, 11) is -7.93. The van der Waals surface area contributed by atoms with Gasteiger partial charge in [0, 0.05) is 18.2 Å². The third kappa shape index (κ3) is 5.56. The minimum Gasteiger partial charge on any atom is -0.481 e. The van der Waals surface area contributed by atoms with Crippen molar-refractivity contribution in [1.82, 2.24) is 4.72 Å². The number of hydrogen-bond acceptors (Lipinski definition) is 5. The molecule has 2 N–H and O–H groups in total. The van der Waals surface area contributed by atoms with E-state index >= 15 is 0 Å². The molecule has 10 heteroatoms. The highest BCUT2D eigenvalue weighted by molar-refractivity contribution is 7.90. The summed E-state index contributed by atoms with van der Waals surface area (Å²) in [5.74, 6) is -2.24. The number of carboxylic acids is 1. The maximum Gasteiger partial charge on any atom is 0.303 e. The minimum absolute atomic E-state index is 0.0332. The summed E-state index contributed by atoms with van der Waals surface area (Å²) in [5.41, 5.74) is -1.07. The van der Waals surface area contributed by atoms with Gasteiger partial charge in [-0.05, 0) is 38.5 Å². The van der Waals surface area contributed by atoms with Crippen LogP contribution in [0.3, 0.4) is 0 Å². The third-order valence-electron chi connectivity index (χ3n) is 2.99. The van der Waals surface area contributed by atoms with Gasteiger partial charge in [0.25, 0.3) is 0 Å². The fourth-order valence-corrected chi connectivity index (χ4v) is 4.02. The Hall–Kier alpha value is -1.52. The Labute approximate surface area is 134 Å². The van der Waals surface area contributed by atoms with Crippen molar-refractivity contribution in [2.45, 2.75) is 42.0 Å². The van der Waals surface area contributed by atoms with E-state index in [1.807, 2.05) is 0 Å². The Morgan fingerprint density at radius 1 is 1.26 bits per heavy atom. The van der Waals surface area contributed by atoms with E-state index in [4.69, 9.17) is 5.11 Å². The van der Waals surface area contributed by atoms with Crippen LogP contribution in [0.5, 0.6) is 0 Å². The first kappa shape index (κ1) is 19.5. The molecule has 0 aliphatic heterocycles. The van der Waals surface area contributed by atoms with Crippen molar-refractivity contribution in [1.29, 1.82) is 0 Å². The number of halogens is 1. The van der Waals surface area contributed by atoms with Crippen molar-refractivity contribution < 1.29 is 31.1 Å². The molecule has 0 saturated carbocycles. The number of sulfonamides is 1. The number of hydrogen-bond donors (Lipinski definition) is 2. The Balaban J connectivity index is 3.10. The topological polar surface area (TPSA) is 118 Å². The molecule has 0 aliphatic carbocycles. The lowest BCUT2D eigenvalue weighted by Crippen LogP contribution is -2.43. The average molecular weight is 367 g/mol. The van der Waals surface area contributed by atoms with Gasteiger partial charge in [0.15, 0.2) is 9.84 Å². The van der Waals surface area contributed by atoms with Gasteiger partial charge in [-0.2, -0.15) is 0 Å². The smallest absolute Gasteiger partial charge is 0.303 e. The largest absolute Gasteiger partial charge is 0.481 e. The predicted octanol–water partition coefficient (Wildman–Crippen LogP) is 1.15. The fourth-order valence-electron chi connectivity index (χ4n) is 1.84. The van der Waals surface area contributed by atoms with Crippen LogP contribution in [-0.2, 0) is 24.7 Å². The number of benzene rings is 1. The van der Waals surface area contributed by atoms with Gasteiger partial charge in [-0.1, -0.05) is 0 Å². The van der Waals surface area contributed by atoms with Crippen molar-refractivity contribution in [2.24, 2.45) is 0 Å². The number of carbonyl (C=O) groups is 1. The SMILES string of the molecule is CC(C)(CCC(=O)O)NS(=O)(=O)c1ccc(S(C)(=O)=O)c(F)c1. The van der Waals surface area contributed by atoms with Crippen LogP contribution in [0.25, 0.3) is 0 Å². The summed E-state index contributed by atoms with van der Waals surface area (Å²) in [5, 5.41) is 8.65. The summed E-state index contributed by atoms with van der Waals surface area (Å²) < 4.78 is 63.2. The minimum atomic E-state index is -4.13. The van der Waals surface area contributed by atoms with Gasteiger partial charge in [-0.25, -0.2) is 25.9 Å². The van der Waals surface area contributed by atoms with E-state index in [2.05, 4.69) is 4.72 Å². The summed E-state index contributed by atoms with van der Waals surface area (Å²) in [6.07, 6.45) is 0.606. The third-order valence-corrected chi connectivity index (χ3v) is 5.81. The lowest BCUT2D eigenvalue weighted by Gasteiger charge is -2.25. The number of sulfone groups is 1. The van der Waals surface area contributed by atoms with Crippen LogP contribution in [0.4, 0.5) is 4.39 Å². The monoisotopic (exact) mass is 367 g/mol. The summed E-state index contributed by atoms with van der Waals surface area (Å²) in [6, 6.07) is 2.48. The van der Waals surface area contributed by atoms with Crippen LogP contribution in [0.15, 0.2) is 28.0 Å². The number of nitrogens with one attached hydrogen (secondary N) is 1. The first-order valence-corrected chi connectivity index (χ1v) is 9.87. The molecule has 1 aromatic rings. The Kier molecular flexibility index (Phi) is 5.55. The van der Waals surface area contributed by atoms with E-state index in [1.165, 1.54) is 13.8 Å².